The van der Waals surface area contributed by atoms with E-state index in [0.717, 1.165) is 25.2 Å². The lowest BCUT2D eigenvalue weighted by molar-refractivity contribution is -0.140. The number of carbonyl (C=O) groups excluding carboxylic acids is 2. The predicted octanol–water partition coefficient (Wildman–Crippen LogP) is 4.76. The molecule has 4 heterocycles. The number of amides is 1. The van der Waals surface area contributed by atoms with Crippen LogP contribution in [0.1, 0.15) is 41.9 Å². The normalized spacial score (nSPS) is 18.5. The molecule has 10 nitrogen and oxygen atoms in total. The van der Waals surface area contributed by atoms with Crippen LogP contribution < -0.4 is 9.47 Å². The van der Waals surface area contributed by atoms with Gasteiger partial charge >= 0.3 is 0 Å². The van der Waals surface area contributed by atoms with Crippen molar-refractivity contribution in [2.45, 2.75) is 32.9 Å². The van der Waals surface area contributed by atoms with Crippen LogP contribution in [0.15, 0.2) is 78.5 Å². The summed E-state index contributed by atoms with van der Waals surface area (Å²) in [5.41, 5.74) is 3.25. The molecule has 2 aliphatic heterocycles. The number of Topliss-reactive ketones (excluding diaryl/α,β-unsaturated/α-hetero) is 1. The second-order valence-corrected chi connectivity index (χ2v) is 11.2. The second-order valence-electron chi connectivity index (χ2n) is 11.2. The van der Waals surface area contributed by atoms with E-state index in [0.29, 0.717) is 73.5 Å². The fraction of sp³-hybridized carbons (Fsp3) is 0.343. The number of morpholine rings is 1. The number of likely N-dealkylation sites (tertiary alicyclic amines) is 1. The van der Waals surface area contributed by atoms with E-state index >= 15 is 0 Å². The molecule has 2 aromatic heterocycles. The Morgan fingerprint density at radius 2 is 1.76 bits per heavy atom. The summed E-state index contributed by atoms with van der Waals surface area (Å²) in [5, 5.41) is 11.8. The van der Waals surface area contributed by atoms with Crippen molar-refractivity contribution in [2.75, 3.05) is 46.0 Å². The minimum Gasteiger partial charge on any atom is -0.505 e. The summed E-state index contributed by atoms with van der Waals surface area (Å²) in [6, 6.07) is 20.0. The van der Waals surface area contributed by atoms with Crippen molar-refractivity contribution < 1.29 is 28.9 Å². The van der Waals surface area contributed by atoms with Gasteiger partial charge in [-0.25, -0.2) is 4.98 Å². The molecule has 0 saturated carbocycles. The largest absolute Gasteiger partial charge is 0.505 e. The lowest BCUT2D eigenvalue weighted by atomic mass is 9.95. The van der Waals surface area contributed by atoms with E-state index < -0.39 is 17.7 Å². The van der Waals surface area contributed by atoms with Crippen LogP contribution in [0.25, 0.3) is 11.4 Å². The number of fused-ring (bicyclic) bond motifs is 1. The summed E-state index contributed by atoms with van der Waals surface area (Å²) in [6.07, 6.45) is 2.44. The third-order valence-corrected chi connectivity index (χ3v) is 8.27. The summed E-state index contributed by atoms with van der Waals surface area (Å²) in [5.74, 6) is -0.580. The van der Waals surface area contributed by atoms with Crippen molar-refractivity contribution >= 4 is 23.1 Å². The molecule has 0 bridgehead atoms. The molecule has 0 spiro atoms. The maximum absolute atomic E-state index is 13.8. The van der Waals surface area contributed by atoms with Gasteiger partial charge in [0.05, 0.1) is 37.1 Å². The van der Waals surface area contributed by atoms with Crippen LogP contribution in [0.3, 0.4) is 0 Å². The standard InChI is InChI=1S/C35H38N4O6/c1-3-44-28-22-26(13-14-27(28)45-23-25-10-5-4-6-11-25)32-30(33(40)31-24(2)36-29-12-7-8-16-38(29)31)34(41)35(42)39(32)17-9-15-37-18-20-43-21-19-37/h4-8,10-14,16,22,32,40H,3,9,15,17-21,23H2,1-2H3/b33-30+. The Labute approximate surface area is 262 Å². The topological polar surface area (TPSA) is 106 Å². The Balaban J connectivity index is 1.39. The van der Waals surface area contributed by atoms with Crippen LogP contribution in [0, 0.1) is 6.92 Å². The molecule has 1 unspecified atom stereocenters. The maximum atomic E-state index is 13.8. The summed E-state index contributed by atoms with van der Waals surface area (Å²) in [4.78, 5) is 35.9. The molecule has 1 N–H and O–H groups in total. The van der Waals surface area contributed by atoms with Gasteiger partial charge in [-0.3, -0.25) is 18.9 Å². The first-order valence-corrected chi connectivity index (χ1v) is 15.4. The van der Waals surface area contributed by atoms with E-state index in [-0.39, 0.29) is 11.3 Å². The number of ether oxygens (including phenoxy) is 3. The quantitative estimate of drug-likeness (QED) is 0.147. The zero-order valence-electron chi connectivity index (χ0n) is 25.6. The van der Waals surface area contributed by atoms with Crippen LogP contribution in [-0.2, 0) is 20.9 Å². The maximum Gasteiger partial charge on any atom is 0.295 e. The minimum absolute atomic E-state index is 0.0283. The monoisotopic (exact) mass is 610 g/mol. The molecule has 45 heavy (non-hydrogen) atoms. The van der Waals surface area contributed by atoms with Gasteiger partial charge in [0.2, 0.25) is 0 Å². The van der Waals surface area contributed by atoms with E-state index in [1.165, 1.54) is 0 Å². The molecule has 2 aliphatic rings. The number of ketones is 1. The van der Waals surface area contributed by atoms with E-state index in [1.807, 2.05) is 67.6 Å². The zero-order valence-corrected chi connectivity index (χ0v) is 25.6. The Morgan fingerprint density at radius 3 is 2.53 bits per heavy atom. The average molecular weight is 611 g/mol. The summed E-state index contributed by atoms with van der Waals surface area (Å²) < 4.78 is 19.3. The molecule has 1 atom stereocenters. The van der Waals surface area contributed by atoms with Gasteiger partial charge in [-0.05, 0) is 55.7 Å². The summed E-state index contributed by atoms with van der Waals surface area (Å²) in [6.45, 7) is 8.55. The van der Waals surface area contributed by atoms with E-state index in [9.17, 15) is 14.7 Å². The lowest BCUT2D eigenvalue weighted by Crippen LogP contribution is -2.39. The molecule has 1 amide bonds. The van der Waals surface area contributed by atoms with E-state index in [4.69, 9.17) is 14.2 Å². The first kappa shape index (κ1) is 30.4. The van der Waals surface area contributed by atoms with Crippen molar-refractivity contribution in [1.29, 1.82) is 0 Å². The summed E-state index contributed by atoms with van der Waals surface area (Å²) >= 11 is 0. The number of rotatable bonds is 11. The smallest absolute Gasteiger partial charge is 0.295 e. The number of pyridine rings is 1. The van der Waals surface area contributed by atoms with Crippen LogP contribution >= 0.6 is 0 Å². The van der Waals surface area contributed by atoms with Gasteiger partial charge in [-0.1, -0.05) is 42.5 Å². The number of imidazole rings is 1. The van der Waals surface area contributed by atoms with Gasteiger partial charge in [-0.2, -0.15) is 0 Å². The van der Waals surface area contributed by atoms with E-state index in [1.54, 1.807) is 28.5 Å². The molecule has 4 aromatic rings. The number of hydrogen-bond donors (Lipinski definition) is 1. The van der Waals surface area contributed by atoms with Gasteiger partial charge in [0, 0.05) is 32.4 Å². The molecule has 10 heteroatoms. The molecule has 2 fully saturated rings. The Hall–Kier alpha value is -4.67. The predicted molar refractivity (Wildman–Crippen MR) is 169 cm³/mol. The molecule has 0 aliphatic carbocycles. The number of aliphatic hydroxyl groups is 1. The van der Waals surface area contributed by atoms with E-state index in [2.05, 4.69) is 9.88 Å². The highest BCUT2D eigenvalue weighted by Gasteiger charge is 2.46. The number of hydrogen-bond acceptors (Lipinski definition) is 8. The Morgan fingerprint density at radius 1 is 0.978 bits per heavy atom. The van der Waals surface area contributed by atoms with Crippen LogP contribution in [0.5, 0.6) is 11.5 Å². The van der Waals surface area contributed by atoms with Gasteiger partial charge in [0.25, 0.3) is 11.7 Å². The Bertz CT molecular complexity index is 1710. The number of carbonyl (C=O) groups is 2. The number of aryl methyl sites for hydroxylation is 1. The lowest BCUT2D eigenvalue weighted by Gasteiger charge is -2.29. The van der Waals surface area contributed by atoms with Crippen molar-refractivity contribution in [1.82, 2.24) is 19.2 Å². The number of benzene rings is 2. The highest BCUT2D eigenvalue weighted by molar-refractivity contribution is 6.46. The van der Waals surface area contributed by atoms with Crippen LogP contribution in [0.2, 0.25) is 0 Å². The molecular weight excluding hydrogens is 572 g/mol. The molecule has 2 aromatic carbocycles. The first-order valence-electron chi connectivity index (χ1n) is 15.4. The highest BCUT2D eigenvalue weighted by Crippen LogP contribution is 2.42. The van der Waals surface area contributed by atoms with Gasteiger partial charge in [0.15, 0.2) is 17.3 Å². The molecular formula is C35H38N4O6. The van der Waals surface area contributed by atoms with Crippen LogP contribution in [-0.4, -0.2) is 82.0 Å². The fourth-order valence-corrected chi connectivity index (χ4v) is 6.09. The molecule has 0 radical (unpaired) electrons. The van der Waals surface area contributed by atoms with Crippen molar-refractivity contribution in [3.63, 3.8) is 0 Å². The number of aliphatic hydroxyl groups excluding tert-OH is 1. The third kappa shape index (κ3) is 6.29. The summed E-state index contributed by atoms with van der Waals surface area (Å²) in [7, 11) is 0. The second kappa shape index (κ2) is 13.5. The molecule has 2 saturated heterocycles. The number of aromatic nitrogens is 2. The van der Waals surface area contributed by atoms with Crippen LogP contribution in [0.4, 0.5) is 0 Å². The van der Waals surface area contributed by atoms with Gasteiger partial charge in [-0.15, -0.1) is 0 Å². The molecule has 234 valence electrons. The highest BCUT2D eigenvalue weighted by atomic mass is 16.5. The Kier molecular flexibility index (Phi) is 9.13. The van der Waals surface area contributed by atoms with Gasteiger partial charge in [0.1, 0.15) is 17.9 Å². The minimum atomic E-state index is -0.828. The fourth-order valence-electron chi connectivity index (χ4n) is 6.09. The van der Waals surface area contributed by atoms with Gasteiger partial charge < -0.3 is 24.2 Å². The van der Waals surface area contributed by atoms with Crippen molar-refractivity contribution in [3.05, 3.63) is 101 Å². The third-order valence-electron chi connectivity index (χ3n) is 8.27. The van der Waals surface area contributed by atoms with Crippen molar-refractivity contribution in [2.24, 2.45) is 0 Å². The molecule has 6 rings (SSSR count). The van der Waals surface area contributed by atoms with Crippen molar-refractivity contribution in [3.8, 4) is 11.5 Å². The SMILES string of the molecule is CCOc1cc(C2/C(=C(\O)c3c(C)nc4ccccn34)C(=O)C(=O)N2CCCN2CCOCC2)ccc1OCc1ccccc1. The average Bonchev–Trinajstić information content (AvgIpc) is 3.53. The zero-order chi connectivity index (χ0) is 31.3. The number of nitrogens with zero attached hydrogens (tertiary/aromatic N) is 4. The first-order chi connectivity index (χ1) is 22.0.